The van der Waals surface area contributed by atoms with E-state index in [4.69, 9.17) is 4.74 Å². The van der Waals surface area contributed by atoms with Crippen LogP contribution in [0, 0.1) is 6.92 Å². The van der Waals surface area contributed by atoms with Crippen LogP contribution < -0.4 is 25.6 Å². The van der Waals surface area contributed by atoms with E-state index in [1.54, 1.807) is 44.6 Å². The Bertz CT molecular complexity index is 855. The van der Waals surface area contributed by atoms with Gasteiger partial charge >= 0.3 is 6.03 Å². The van der Waals surface area contributed by atoms with Gasteiger partial charge in [-0.1, -0.05) is 0 Å². The molecule has 0 fully saturated rings. The van der Waals surface area contributed by atoms with Crippen LogP contribution in [0.25, 0.3) is 0 Å². The molecule has 1 aliphatic heterocycles. The third-order valence-electron chi connectivity index (χ3n) is 4.31. The fraction of sp³-hybridized carbons (Fsp3) is 0.316. The van der Waals surface area contributed by atoms with Crippen molar-refractivity contribution in [1.29, 1.82) is 0 Å². The summed E-state index contributed by atoms with van der Waals surface area (Å²) in [4.78, 5) is 29.7. The Morgan fingerprint density at radius 1 is 1.30 bits per heavy atom. The van der Waals surface area contributed by atoms with E-state index in [1.165, 1.54) is 4.90 Å². The summed E-state index contributed by atoms with van der Waals surface area (Å²) in [5, 5.41) is 8.80. The van der Waals surface area contributed by atoms with Crippen molar-refractivity contribution in [3.8, 4) is 5.75 Å². The van der Waals surface area contributed by atoms with Crippen molar-refractivity contribution in [2.45, 2.75) is 20.0 Å². The third-order valence-corrected chi connectivity index (χ3v) is 4.31. The van der Waals surface area contributed by atoms with Crippen molar-refractivity contribution in [3.05, 3.63) is 42.2 Å². The molecular weight excluding hydrogens is 346 g/mol. The molecule has 0 radical (unpaired) electrons. The lowest BCUT2D eigenvalue weighted by Crippen LogP contribution is -2.42. The Hall–Kier alpha value is -3.29. The predicted molar refractivity (Wildman–Crippen MR) is 104 cm³/mol. The molecule has 2 heterocycles. The average molecular weight is 369 g/mol. The predicted octanol–water partition coefficient (Wildman–Crippen LogP) is 2.37. The minimum absolute atomic E-state index is 0.124. The molecule has 1 aromatic carbocycles. The second-order valence-corrected chi connectivity index (χ2v) is 6.34. The van der Waals surface area contributed by atoms with Crippen LogP contribution in [0.2, 0.25) is 0 Å². The van der Waals surface area contributed by atoms with E-state index in [-0.39, 0.29) is 11.9 Å². The monoisotopic (exact) mass is 369 g/mol. The molecule has 3 N–H and O–H groups in total. The van der Waals surface area contributed by atoms with Gasteiger partial charge in [0.15, 0.2) is 6.10 Å². The molecule has 2 aromatic rings. The number of pyridine rings is 1. The number of hydrogen-bond acceptors (Lipinski definition) is 5. The zero-order valence-electron chi connectivity index (χ0n) is 15.6. The van der Waals surface area contributed by atoms with Gasteiger partial charge < -0.3 is 25.6 Å². The molecule has 0 saturated heterocycles. The first-order valence-electron chi connectivity index (χ1n) is 8.73. The van der Waals surface area contributed by atoms with Gasteiger partial charge in [-0.3, -0.25) is 9.78 Å². The quantitative estimate of drug-likeness (QED) is 0.703. The van der Waals surface area contributed by atoms with Gasteiger partial charge in [-0.2, -0.15) is 0 Å². The number of hydrogen-bond donors (Lipinski definition) is 3. The minimum Gasteiger partial charge on any atom is -0.479 e. The molecule has 3 amide bonds. The van der Waals surface area contributed by atoms with Gasteiger partial charge in [-0.25, -0.2) is 4.79 Å². The number of anilines is 3. The average Bonchev–Trinajstić information content (AvgIpc) is 2.65. The van der Waals surface area contributed by atoms with Crippen molar-refractivity contribution in [2.24, 2.45) is 0 Å². The SMILES string of the molecule is Cc1cnccc1NCCNC(=O)Nc1ccc2c(c1)N(C)C(=O)[C@H](C)O2. The minimum atomic E-state index is -0.513. The van der Waals surface area contributed by atoms with Crippen molar-refractivity contribution in [1.82, 2.24) is 10.3 Å². The largest absolute Gasteiger partial charge is 0.479 e. The lowest BCUT2D eigenvalue weighted by Gasteiger charge is -2.30. The highest BCUT2D eigenvalue weighted by atomic mass is 16.5. The summed E-state index contributed by atoms with van der Waals surface area (Å²) in [6.45, 7) is 4.73. The molecular formula is C19H23N5O3. The number of amides is 3. The summed E-state index contributed by atoms with van der Waals surface area (Å²) < 4.78 is 5.57. The Labute approximate surface area is 157 Å². The fourth-order valence-corrected chi connectivity index (χ4v) is 2.81. The molecule has 0 aliphatic carbocycles. The standard InChI is InChI=1S/C19H23N5O3/c1-12-11-20-7-6-15(12)21-8-9-22-19(26)23-14-4-5-17-16(10-14)24(3)18(25)13(2)27-17/h4-7,10-11,13H,8-9H2,1-3H3,(H,20,21)(H2,22,23,26)/t13-/m0/s1. The van der Waals surface area contributed by atoms with Crippen LogP contribution in [-0.4, -0.2) is 43.2 Å². The number of ether oxygens (including phenoxy) is 1. The highest BCUT2D eigenvalue weighted by molar-refractivity contribution is 6.00. The van der Waals surface area contributed by atoms with Gasteiger partial charge in [-0.15, -0.1) is 0 Å². The summed E-state index contributed by atoms with van der Waals surface area (Å²) in [5.74, 6) is 0.495. The maximum atomic E-state index is 12.1. The number of nitrogens with zero attached hydrogens (tertiary/aromatic N) is 2. The summed E-state index contributed by atoms with van der Waals surface area (Å²) in [5.41, 5.74) is 3.25. The zero-order valence-corrected chi connectivity index (χ0v) is 15.6. The number of carbonyl (C=O) groups excluding carboxylic acids is 2. The van der Waals surface area contributed by atoms with Crippen LogP contribution in [0.3, 0.4) is 0 Å². The van der Waals surface area contributed by atoms with Gasteiger partial charge in [-0.05, 0) is 43.7 Å². The maximum absolute atomic E-state index is 12.1. The molecule has 8 heteroatoms. The molecule has 27 heavy (non-hydrogen) atoms. The molecule has 0 saturated carbocycles. The van der Waals surface area contributed by atoms with E-state index < -0.39 is 6.10 Å². The van der Waals surface area contributed by atoms with Crippen molar-refractivity contribution in [3.63, 3.8) is 0 Å². The number of nitrogens with one attached hydrogen (secondary N) is 3. The summed E-state index contributed by atoms with van der Waals surface area (Å²) >= 11 is 0. The molecule has 0 bridgehead atoms. The van der Waals surface area contributed by atoms with E-state index in [0.29, 0.717) is 30.2 Å². The van der Waals surface area contributed by atoms with Crippen LogP contribution in [0.1, 0.15) is 12.5 Å². The lowest BCUT2D eigenvalue weighted by atomic mass is 10.2. The highest BCUT2D eigenvalue weighted by Crippen LogP contribution is 2.35. The number of rotatable bonds is 5. The molecule has 1 aliphatic rings. The van der Waals surface area contributed by atoms with E-state index >= 15 is 0 Å². The topological polar surface area (TPSA) is 95.6 Å². The maximum Gasteiger partial charge on any atom is 0.319 e. The molecule has 8 nitrogen and oxygen atoms in total. The third kappa shape index (κ3) is 4.28. The Kier molecular flexibility index (Phi) is 5.44. The normalized spacial score (nSPS) is 15.6. The molecule has 142 valence electrons. The number of likely N-dealkylation sites (N-methyl/N-ethyl adjacent to an activating group) is 1. The van der Waals surface area contributed by atoms with E-state index in [2.05, 4.69) is 20.9 Å². The van der Waals surface area contributed by atoms with Crippen LogP contribution >= 0.6 is 0 Å². The van der Waals surface area contributed by atoms with E-state index in [9.17, 15) is 9.59 Å². The second-order valence-electron chi connectivity index (χ2n) is 6.34. The number of aromatic nitrogens is 1. The summed E-state index contributed by atoms with van der Waals surface area (Å²) in [6, 6.07) is 6.79. The number of benzene rings is 1. The Morgan fingerprint density at radius 2 is 2.11 bits per heavy atom. The molecule has 1 atom stereocenters. The van der Waals surface area contributed by atoms with Gasteiger partial charge in [0.2, 0.25) is 0 Å². The molecule has 0 spiro atoms. The Morgan fingerprint density at radius 3 is 2.89 bits per heavy atom. The van der Waals surface area contributed by atoms with Crippen molar-refractivity contribution >= 4 is 29.0 Å². The highest BCUT2D eigenvalue weighted by Gasteiger charge is 2.29. The van der Waals surface area contributed by atoms with Crippen molar-refractivity contribution in [2.75, 3.05) is 35.7 Å². The van der Waals surface area contributed by atoms with Gasteiger partial charge in [0.05, 0.1) is 5.69 Å². The summed E-state index contributed by atoms with van der Waals surface area (Å²) in [6.07, 6.45) is 2.99. The first kappa shape index (κ1) is 18.5. The number of aryl methyl sites for hydroxylation is 1. The summed E-state index contributed by atoms with van der Waals surface area (Å²) in [7, 11) is 1.69. The van der Waals surface area contributed by atoms with Crippen LogP contribution in [0.4, 0.5) is 21.9 Å². The number of carbonyl (C=O) groups is 2. The van der Waals surface area contributed by atoms with E-state index in [0.717, 1.165) is 11.3 Å². The number of urea groups is 1. The Balaban J connectivity index is 1.51. The van der Waals surface area contributed by atoms with Crippen LogP contribution in [0.5, 0.6) is 5.75 Å². The lowest BCUT2D eigenvalue weighted by molar-refractivity contribution is -0.125. The van der Waals surface area contributed by atoms with Gasteiger partial charge in [0, 0.05) is 43.9 Å². The zero-order chi connectivity index (χ0) is 19.4. The smallest absolute Gasteiger partial charge is 0.319 e. The van der Waals surface area contributed by atoms with Crippen LogP contribution in [-0.2, 0) is 4.79 Å². The van der Waals surface area contributed by atoms with Crippen LogP contribution in [0.15, 0.2) is 36.7 Å². The van der Waals surface area contributed by atoms with Gasteiger partial charge in [0.1, 0.15) is 5.75 Å². The number of fused-ring (bicyclic) bond motifs is 1. The van der Waals surface area contributed by atoms with Gasteiger partial charge in [0.25, 0.3) is 5.91 Å². The van der Waals surface area contributed by atoms with E-state index in [1.807, 2.05) is 13.0 Å². The molecule has 0 unspecified atom stereocenters. The van der Waals surface area contributed by atoms with Crippen molar-refractivity contribution < 1.29 is 14.3 Å². The first-order chi connectivity index (χ1) is 13.0. The first-order valence-corrected chi connectivity index (χ1v) is 8.73. The second kappa shape index (κ2) is 7.94. The molecule has 3 rings (SSSR count). The molecule has 1 aromatic heterocycles. The fourth-order valence-electron chi connectivity index (χ4n) is 2.81.